The number of nitrogens with zero attached hydrogens (tertiary/aromatic N) is 3. The first-order valence-electron chi connectivity index (χ1n) is 2.54. The number of rotatable bonds is 1. The van der Waals surface area contributed by atoms with Crippen LogP contribution in [-0.4, -0.2) is 20.6 Å². The lowest BCUT2D eigenvalue weighted by molar-refractivity contribution is 0.778. The molecule has 0 amide bonds. The molecule has 0 fully saturated rings. The summed E-state index contributed by atoms with van der Waals surface area (Å²) in [4.78, 5) is 0. The number of aromatic amines is 1. The molecule has 0 bridgehead atoms. The molecule has 0 aromatic carbocycles. The van der Waals surface area contributed by atoms with Gasteiger partial charge in [0.25, 0.3) is 0 Å². The van der Waals surface area contributed by atoms with Gasteiger partial charge in [0.1, 0.15) is 0 Å². The predicted molar refractivity (Wildman–Crippen MR) is 33.3 cm³/mol. The summed E-state index contributed by atoms with van der Waals surface area (Å²) in [6, 6.07) is 0. The van der Waals surface area contributed by atoms with Gasteiger partial charge in [-0.15, -0.1) is 10.2 Å². The summed E-state index contributed by atoms with van der Waals surface area (Å²) in [5.41, 5.74) is 0. The zero-order valence-corrected chi connectivity index (χ0v) is 5.63. The second kappa shape index (κ2) is 3.13. The molecule has 1 aromatic heterocycles. The fourth-order valence-corrected chi connectivity index (χ4v) is 0.414. The lowest BCUT2D eigenvalue weighted by Gasteiger charge is -1.90. The van der Waals surface area contributed by atoms with Gasteiger partial charge in [-0.2, -0.15) is 5.21 Å². The van der Waals surface area contributed by atoms with E-state index in [-0.39, 0.29) is 6.15 Å². The van der Waals surface area contributed by atoms with E-state index in [0.717, 1.165) is 5.82 Å². The van der Waals surface area contributed by atoms with Gasteiger partial charge in [0.2, 0.25) is 0 Å². The summed E-state index contributed by atoms with van der Waals surface area (Å²) in [6.07, 6.45) is 0. The SMILES string of the molecule is CC(C)c1nn[nH]n1.N. The topological polar surface area (TPSA) is 89.5 Å². The van der Waals surface area contributed by atoms with Crippen LogP contribution >= 0.6 is 0 Å². The molecule has 52 valence electrons. The minimum absolute atomic E-state index is 0. The number of nitrogens with one attached hydrogen (secondary N) is 1. The zero-order valence-electron chi connectivity index (χ0n) is 5.63. The summed E-state index contributed by atoms with van der Waals surface area (Å²) >= 11 is 0. The third kappa shape index (κ3) is 1.77. The Bertz CT molecular complexity index is 144. The molecule has 0 aliphatic carbocycles. The molecule has 5 nitrogen and oxygen atoms in total. The standard InChI is InChI=1S/C4H8N4.H3N/c1-3(2)4-5-7-8-6-4;/h3H,1-2H3,(H,5,6,7,8);1H3. The highest BCUT2D eigenvalue weighted by atomic mass is 15.5. The van der Waals surface area contributed by atoms with Crippen LogP contribution in [0.25, 0.3) is 0 Å². The number of aromatic nitrogens is 4. The first-order chi connectivity index (χ1) is 3.80. The summed E-state index contributed by atoms with van der Waals surface area (Å²) in [5.74, 6) is 1.14. The van der Waals surface area contributed by atoms with Gasteiger partial charge in [0.05, 0.1) is 0 Å². The predicted octanol–water partition coefficient (Wildman–Crippen LogP) is 0.485. The van der Waals surface area contributed by atoms with Gasteiger partial charge < -0.3 is 6.15 Å². The van der Waals surface area contributed by atoms with Crippen LogP contribution in [0.4, 0.5) is 0 Å². The van der Waals surface area contributed by atoms with E-state index in [1.807, 2.05) is 13.8 Å². The van der Waals surface area contributed by atoms with Crippen LogP contribution in [0.3, 0.4) is 0 Å². The maximum atomic E-state index is 3.77. The van der Waals surface area contributed by atoms with Crippen molar-refractivity contribution in [2.45, 2.75) is 19.8 Å². The Morgan fingerprint density at radius 2 is 2.11 bits per heavy atom. The molecule has 1 aromatic rings. The third-order valence-electron chi connectivity index (χ3n) is 0.878. The molecule has 0 aliphatic rings. The average molecular weight is 129 g/mol. The van der Waals surface area contributed by atoms with Crippen molar-refractivity contribution in [1.82, 2.24) is 26.8 Å². The van der Waals surface area contributed by atoms with Gasteiger partial charge in [-0.3, -0.25) is 0 Å². The Hall–Kier alpha value is -0.970. The first-order valence-corrected chi connectivity index (χ1v) is 2.54. The molecule has 1 heterocycles. The van der Waals surface area contributed by atoms with Crippen molar-refractivity contribution in [2.24, 2.45) is 0 Å². The lowest BCUT2D eigenvalue weighted by Crippen LogP contribution is -1.88. The van der Waals surface area contributed by atoms with Crippen LogP contribution in [0.15, 0.2) is 0 Å². The summed E-state index contributed by atoms with van der Waals surface area (Å²) in [6.45, 7) is 4.04. The van der Waals surface area contributed by atoms with Crippen LogP contribution in [0.1, 0.15) is 25.6 Å². The molecule has 0 spiro atoms. The van der Waals surface area contributed by atoms with Crippen LogP contribution in [0.2, 0.25) is 0 Å². The van der Waals surface area contributed by atoms with Crippen LogP contribution in [0, 0.1) is 0 Å². The summed E-state index contributed by atoms with van der Waals surface area (Å²) in [7, 11) is 0. The van der Waals surface area contributed by atoms with E-state index in [2.05, 4.69) is 20.6 Å². The Kier molecular flexibility index (Phi) is 2.80. The Morgan fingerprint density at radius 1 is 1.44 bits per heavy atom. The highest BCUT2D eigenvalue weighted by Crippen LogP contribution is 2.03. The molecule has 0 aliphatic heterocycles. The summed E-state index contributed by atoms with van der Waals surface area (Å²) in [5, 5.41) is 13.3. The fourth-order valence-electron chi connectivity index (χ4n) is 0.414. The molecule has 0 saturated heterocycles. The van der Waals surface area contributed by atoms with Crippen molar-refractivity contribution >= 4 is 0 Å². The molecule has 5 heteroatoms. The highest BCUT2D eigenvalue weighted by Gasteiger charge is 2.00. The molecule has 0 unspecified atom stereocenters. The lowest BCUT2D eigenvalue weighted by atomic mass is 10.2. The van der Waals surface area contributed by atoms with Crippen LogP contribution in [-0.2, 0) is 0 Å². The molecule has 0 atom stereocenters. The van der Waals surface area contributed by atoms with Gasteiger partial charge in [-0.1, -0.05) is 19.1 Å². The molecule has 1 rings (SSSR count). The van der Waals surface area contributed by atoms with Crippen LogP contribution < -0.4 is 6.15 Å². The monoisotopic (exact) mass is 129 g/mol. The quantitative estimate of drug-likeness (QED) is 0.577. The van der Waals surface area contributed by atoms with Crippen molar-refractivity contribution in [2.75, 3.05) is 0 Å². The van der Waals surface area contributed by atoms with E-state index in [0.29, 0.717) is 5.92 Å². The van der Waals surface area contributed by atoms with Gasteiger partial charge in [0.15, 0.2) is 5.82 Å². The maximum absolute atomic E-state index is 3.77. The average Bonchev–Trinajstić information content (AvgIpc) is 2.12. The Morgan fingerprint density at radius 3 is 2.33 bits per heavy atom. The molecule has 9 heavy (non-hydrogen) atoms. The Balaban J connectivity index is 0.000000640. The largest absolute Gasteiger partial charge is 0.344 e. The maximum Gasteiger partial charge on any atom is 0.177 e. The van der Waals surface area contributed by atoms with Gasteiger partial charge in [-0.25, -0.2) is 0 Å². The van der Waals surface area contributed by atoms with E-state index in [4.69, 9.17) is 0 Å². The number of tetrazole rings is 1. The normalized spacial score (nSPS) is 9.22. The van der Waals surface area contributed by atoms with E-state index >= 15 is 0 Å². The Labute approximate surface area is 53.4 Å². The third-order valence-corrected chi connectivity index (χ3v) is 0.878. The molecule has 0 saturated carbocycles. The molecular formula is C4H11N5. The highest BCUT2D eigenvalue weighted by molar-refractivity contribution is 4.83. The van der Waals surface area contributed by atoms with E-state index in [1.54, 1.807) is 0 Å². The second-order valence-electron chi connectivity index (χ2n) is 1.92. The minimum Gasteiger partial charge on any atom is -0.344 e. The molecule has 0 radical (unpaired) electrons. The van der Waals surface area contributed by atoms with Gasteiger partial charge in [-0.05, 0) is 0 Å². The van der Waals surface area contributed by atoms with E-state index in [9.17, 15) is 0 Å². The van der Waals surface area contributed by atoms with Crippen molar-refractivity contribution in [3.63, 3.8) is 0 Å². The molecular weight excluding hydrogens is 118 g/mol. The number of H-pyrrole nitrogens is 1. The molecule has 4 N–H and O–H groups in total. The number of hydrogen-bond acceptors (Lipinski definition) is 4. The van der Waals surface area contributed by atoms with Crippen LogP contribution in [0.5, 0.6) is 0 Å². The first kappa shape index (κ1) is 8.03. The van der Waals surface area contributed by atoms with Gasteiger partial charge in [0, 0.05) is 5.92 Å². The smallest absolute Gasteiger partial charge is 0.177 e. The fraction of sp³-hybridized carbons (Fsp3) is 0.750. The zero-order chi connectivity index (χ0) is 5.98. The summed E-state index contributed by atoms with van der Waals surface area (Å²) < 4.78 is 0. The van der Waals surface area contributed by atoms with Crippen molar-refractivity contribution < 1.29 is 0 Å². The minimum atomic E-state index is 0. The second-order valence-corrected chi connectivity index (χ2v) is 1.92. The number of hydrogen-bond donors (Lipinski definition) is 2. The van der Waals surface area contributed by atoms with Gasteiger partial charge >= 0.3 is 0 Å². The van der Waals surface area contributed by atoms with E-state index < -0.39 is 0 Å². The van der Waals surface area contributed by atoms with Crippen molar-refractivity contribution in [1.29, 1.82) is 0 Å². The van der Waals surface area contributed by atoms with E-state index in [1.165, 1.54) is 0 Å². The van der Waals surface area contributed by atoms with Crippen molar-refractivity contribution in [3.05, 3.63) is 5.82 Å². The van der Waals surface area contributed by atoms with Crippen molar-refractivity contribution in [3.8, 4) is 0 Å².